The van der Waals surface area contributed by atoms with Crippen LogP contribution in [0.25, 0.3) is 0 Å². The van der Waals surface area contributed by atoms with Crippen molar-refractivity contribution in [3.8, 4) is 0 Å². The van der Waals surface area contributed by atoms with E-state index >= 15 is 0 Å². The molecule has 1 aromatic carbocycles. The summed E-state index contributed by atoms with van der Waals surface area (Å²) in [6, 6.07) is 5.16. The number of nitrogens with two attached hydrogens (primary N) is 1. The Kier molecular flexibility index (Phi) is 5.46. The van der Waals surface area contributed by atoms with Crippen molar-refractivity contribution >= 4 is 17.2 Å². The van der Waals surface area contributed by atoms with E-state index in [2.05, 4.69) is 0 Å². The molecule has 0 aromatic heterocycles. The van der Waals surface area contributed by atoms with E-state index in [-0.39, 0.29) is 6.04 Å². The molecule has 116 valence electrons. The number of primary amides is 1. The van der Waals surface area contributed by atoms with Gasteiger partial charge in [0.2, 0.25) is 17.2 Å². The van der Waals surface area contributed by atoms with Crippen molar-refractivity contribution in [2.75, 3.05) is 19.8 Å². The Bertz CT molecular complexity index is 550. The van der Waals surface area contributed by atoms with Gasteiger partial charge in [-0.2, -0.15) is 4.31 Å². The smallest absolute Gasteiger partial charge is 0.248 e. The Balaban J connectivity index is 2.25. The van der Waals surface area contributed by atoms with Crippen molar-refractivity contribution in [1.82, 2.24) is 4.31 Å². The summed E-state index contributed by atoms with van der Waals surface area (Å²) < 4.78 is 27.9. The van der Waals surface area contributed by atoms with Crippen LogP contribution in [0, 0.1) is 0 Å². The van der Waals surface area contributed by atoms with Crippen molar-refractivity contribution in [3.05, 3.63) is 34.9 Å². The van der Waals surface area contributed by atoms with Gasteiger partial charge in [-0.3, -0.25) is 9.35 Å². The Morgan fingerprint density at radius 2 is 2.33 bits per heavy atom. The van der Waals surface area contributed by atoms with Gasteiger partial charge in [-0.05, 0) is 37.0 Å². The molecular weight excluding hydrogens is 292 g/mol. The van der Waals surface area contributed by atoms with E-state index in [4.69, 9.17) is 10.5 Å². The van der Waals surface area contributed by atoms with Gasteiger partial charge in [0.15, 0.2) is 0 Å². The lowest BCUT2D eigenvalue weighted by molar-refractivity contribution is 0.0999. The molecule has 0 saturated carbocycles. The molecule has 0 heterocycles. The zero-order valence-electron chi connectivity index (χ0n) is 11.9. The Morgan fingerprint density at radius 1 is 1.57 bits per heavy atom. The van der Waals surface area contributed by atoms with E-state index in [1.165, 1.54) is 4.31 Å². The maximum Gasteiger partial charge on any atom is 0.248 e. The van der Waals surface area contributed by atoms with Crippen molar-refractivity contribution in [2.45, 2.75) is 25.8 Å². The second-order valence-electron chi connectivity index (χ2n) is 4.86. The summed E-state index contributed by atoms with van der Waals surface area (Å²) in [5, 5.41) is 0. The highest BCUT2D eigenvalue weighted by Crippen LogP contribution is 2.37. The molecule has 1 aromatic rings. The van der Waals surface area contributed by atoms with Crippen LogP contribution in [0.2, 0.25) is 0 Å². The largest absolute Gasteiger partial charge is 0.380 e. The highest BCUT2D eigenvalue weighted by molar-refractivity contribution is 7.76. The monoisotopic (exact) mass is 312 g/mol. The maximum absolute atomic E-state index is 11.6. The van der Waals surface area contributed by atoms with Gasteiger partial charge in [-0.15, -0.1) is 0 Å². The van der Waals surface area contributed by atoms with Gasteiger partial charge in [0.25, 0.3) is 0 Å². The topological polar surface area (TPSA) is 92.9 Å². The zero-order chi connectivity index (χ0) is 15.4. The van der Waals surface area contributed by atoms with Crippen LogP contribution < -0.4 is 5.73 Å². The summed E-state index contributed by atoms with van der Waals surface area (Å²) in [5.74, 6) is -0.460. The average Bonchev–Trinajstić information content (AvgIpc) is 2.86. The van der Waals surface area contributed by atoms with Gasteiger partial charge < -0.3 is 10.5 Å². The molecule has 0 radical (unpaired) electrons. The van der Waals surface area contributed by atoms with Crippen LogP contribution >= 0.6 is 0 Å². The molecular formula is C14H20N2O4S. The van der Waals surface area contributed by atoms with Gasteiger partial charge in [-0.25, -0.2) is 4.21 Å². The lowest BCUT2D eigenvalue weighted by Crippen LogP contribution is -2.32. The number of hydrogen-bond donors (Lipinski definition) is 2. The van der Waals surface area contributed by atoms with E-state index in [9.17, 15) is 13.6 Å². The molecule has 2 rings (SSSR count). The lowest BCUT2D eigenvalue weighted by Gasteiger charge is -2.25. The first-order valence-electron chi connectivity index (χ1n) is 6.93. The summed E-state index contributed by atoms with van der Waals surface area (Å²) in [6.45, 7) is 3.20. The predicted octanol–water partition coefficient (Wildman–Crippen LogP) is 1.25. The summed E-state index contributed by atoms with van der Waals surface area (Å²) in [7, 11) is 0. The number of ether oxygens (including phenoxy) is 1. The molecule has 0 saturated heterocycles. The first kappa shape index (κ1) is 16.1. The molecule has 0 spiro atoms. The lowest BCUT2D eigenvalue weighted by atomic mass is 10.0. The third-order valence-corrected chi connectivity index (χ3v) is 4.55. The van der Waals surface area contributed by atoms with Crippen LogP contribution in [-0.4, -0.2) is 38.7 Å². The standard InChI is InChI=1S/C14H20N2O4S/c1-2-20-9-8-16(21(18)19)13-7-6-10-11(13)4-3-5-12(10)14(15)17/h3-5,13H,2,6-9H2,1H3,(H2,15,17)(H,18,19). The average molecular weight is 312 g/mol. The van der Waals surface area contributed by atoms with E-state index in [1.807, 2.05) is 13.0 Å². The SMILES string of the molecule is CCOCCN(C1CCc2c(C(N)=O)cccc21)S(=O)O. The molecule has 2 atom stereocenters. The summed E-state index contributed by atoms with van der Waals surface area (Å²) in [5.41, 5.74) is 7.69. The first-order valence-corrected chi connectivity index (χ1v) is 7.99. The normalized spacial score (nSPS) is 18.7. The van der Waals surface area contributed by atoms with Gasteiger partial charge in [0, 0.05) is 18.7 Å². The van der Waals surface area contributed by atoms with Crippen molar-refractivity contribution in [2.24, 2.45) is 5.73 Å². The first-order chi connectivity index (χ1) is 10.1. The number of hydrogen-bond acceptors (Lipinski definition) is 3. The molecule has 1 aliphatic carbocycles. The van der Waals surface area contributed by atoms with Crippen LogP contribution in [0.4, 0.5) is 0 Å². The molecule has 21 heavy (non-hydrogen) atoms. The molecule has 0 fully saturated rings. The molecule has 0 aliphatic heterocycles. The fraction of sp³-hybridized carbons (Fsp3) is 0.500. The number of nitrogens with zero attached hydrogens (tertiary/aromatic N) is 1. The van der Waals surface area contributed by atoms with E-state index < -0.39 is 17.2 Å². The number of amides is 1. The van der Waals surface area contributed by atoms with Gasteiger partial charge in [0.05, 0.1) is 12.6 Å². The Hall–Kier alpha value is -1.28. The van der Waals surface area contributed by atoms with E-state index in [0.29, 0.717) is 38.2 Å². The molecule has 3 N–H and O–H groups in total. The second kappa shape index (κ2) is 7.13. The number of benzene rings is 1. The third kappa shape index (κ3) is 3.49. The Morgan fingerprint density at radius 3 is 2.95 bits per heavy atom. The van der Waals surface area contributed by atoms with E-state index in [1.54, 1.807) is 12.1 Å². The van der Waals surface area contributed by atoms with Crippen LogP contribution in [-0.2, 0) is 22.4 Å². The minimum atomic E-state index is -2.08. The van der Waals surface area contributed by atoms with Crippen LogP contribution in [0.15, 0.2) is 18.2 Å². The van der Waals surface area contributed by atoms with Crippen LogP contribution in [0.3, 0.4) is 0 Å². The van der Waals surface area contributed by atoms with Gasteiger partial charge in [0.1, 0.15) is 0 Å². The minimum Gasteiger partial charge on any atom is -0.380 e. The molecule has 7 heteroatoms. The van der Waals surface area contributed by atoms with Crippen molar-refractivity contribution in [1.29, 1.82) is 0 Å². The minimum absolute atomic E-state index is 0.189. The van der Waals surface area contributed by atoms with Crippen LogP contribution in [0.1, 0.15) is 40.9 Å². The highest BCUT2D eigenvalue weighted by Gasteiger charge is 2.32. The molecule has 1 aliphatic rings. The maximum atomic E-state index is 11.6. The summed E-state index contributed by atoms with van der Waals surface area (Å²) in [4.78, 5) is 11.5. The van der Waals surface area contributed by atoms with Crippen LogP contribution in [0.5, 0.6) is 0 Å². The molecule has 1 amide bonds. The predicted molar refractivity (Wildman–Crippen MR) is 80.0 cm³/mol. The van der Waals surface area contributed by atoms with Gasteiger partial charge in [-0.1, -0.05) is 12.1 Å². The number of carbonyl (C=O) groups excluding carboxylic acids is 1. The second-order valence-corrected chi connectivity index (χ2v) is 5.79. The fourth-order valence-corrected chi connectivity index (χ4v) is 3.47. The Labute approximate surface area is 126 Å². The molecule has 6 nitrogen and oxygen atoms in total. The molecule has 2 unspecified atom stereocenters. The highest BCUT2D eigenvalue weighted by atomic mass is 32.2. The fourth-order valence-electron chi connectivity index (χ4n) is 2.80. The number of rotatable bonds is 7. The number of carbonyl (C=O) groups is 1. The van der Waals surface area contributed by atoms with E-state index in [0.717, 1.165) is 11.1 Å². The third-order valence-electron chi connectivity index (χ3n) is 3.71. The number of fused-ring (bicyclic) bond motifs is 1. The summed E-state index contributed by atoms with van der Waals surface area (Å²) in [6.07, 6.45) is 1.37. The summed E-state index contributed by atoms with van der Waals surface area (Å²) >= 11 is -2.08. The van der Waals surface area contributed by atoms with Gasteiger partial charge >= 0.3 is 0 Å². The quantitative estimate of drug-likeness (QED) is 0.585. The molecule has 0 bridgehead atoms. The zero-order valence-corrected chi connectivity index (χ0v) is 12.8. The van der Waals surface area contributed by atoms with Crippen molar-refractivity contribution in [3.63, 3.8) is 0 Å². The van der Waals surface area contributed by atoms with Crippen molar-refractivity contribution < 1.29 is 18.3 Å².